The fraction of sp³-hybridized carbons (Fsp3) is 0.917. The lowest BCUT2D eigenvalue weighted by Crippen LogP contribution is -2.34. The van der Waals surface area contributed by atoms with Gasteiger partial charge >= 0.3 is 6.09 Å². The van der Waals surface area contributed by atoms with E-state index in [9.17, 15) is 4.79 Å². The molecular weight excluding hydrogens is 264 g/mol. The number of carbonyl (C=O) groups is 1. The van der Waals surface area contributed by atoms with Gasteiger partial charge in [-0.05, 0) is 32.7 Å². The molecule has 0 aromatic heterocycles. The van der Waals surface area contributed by atoms with Crippen molar-refractivity contribution >= 4 is 6.09 Å². The molecule has 20 heavy (non-hydrogen) atoms. The Bertz CT molecular complexity index is 311. The van der Waals surface area contributed by atoms with Crippen molar-refractivity contribution in [3.05, 3.63) is 10.4 Å². The van der Waals surface area contributed by atoms with Gasteiger partial charge in [0, 0.05) is 24.6 Å². The molecule has 0 atom stereocenters. The molecule has 0 radical (unpaired) electrons. The maximum atomic E-state index is 11.3. The Kier molecular flexibility index (Phi) is 10.5. The maximum Gasteiger partial charge on any atom is 0.407 e. The Morgan fingerprint density at radius 1 is 1.20 bits per heavy atom. The number of carbonyl (C=O) groups excluding carboxylic acids is 1. The third-order valence-corrected chi connectivity index (χ3v) is 1.90. The summed E-state index contributed by atoms with van der Waals surface area (Å²) < 4.78 is 15.6. The molecule has 0 aliphatic rings. The van der Waals surface area contributed by atoms with E-state index in [0.29, 0.717) is 45.9 Å². The van der Waals surface area contributed by atoms with Crippen LogP contribution in [-0.4, -0.2) is 51.2 Å². The number of rotatable bonds is 10. The van der Waals surface area contributed by atoms with Gasteiger partial charge in [0.25, 0.3) is 0 Å². The monoisotopic (exact) mass is 288 g/mol. The van der Waals surface area contributed by atoms with E-state index in [1.807, 2.05) is 20.8 Å². The molecule has 0 saturated heterocycles. The second-order valence-corrected chi connectivity index (χ2v) is 4.96. The maximum absolute atomic E-state index is 11.3. The van der Waals surface area contributed by atoms with Crippen LogP contribution in [0.1, 0.15) is 27.2 Å². The fourth-order valence-corrected chi connectivity index (χ4v) is 1.14. The molecule has 0 aliphatic carbocycles. The van der Waals surface area contributed by atoms with Gasteiger partial charge < -0.3 is 19.5 Å². The van der Waals surface area contributed by atoms with E-state index in [0.717, 1.165) is 0 Å². The fourth-order valence-electron chi connectivity index (χ4n) is 1.14. The first-order valence-corrected chi connectivity index (χ1v) is 6.59. The highest BCUT2D eigenvalue weighted by molar-refractivity contribution is 5.67. The first-order valence-electron chi connectivity index (χ1n) is 6.59. The third kappa shape index (κ3) is 14.6. The predicted molar refractivity (Wildman–Crippen MR) is 74.5 cm³/mol. The van der Waals surface area contributed by atoms with E-state index in [1.54, 1.807) is 0 Å². The Hall–Kier alpha value is -1.50. The lowest BCUT2D eigenvalue weighted by molar-refractivity contribution is 0.0396. The summed E-state index contributed by atoms with van der Waals surface area (Å²) in [5, 5.41) is 5.98. The van der Waals surface area contributed by atoms with E-state index in [1.165, 1.54) is 0 Å². The molecule has 0 fully saturated rings. The Labute approximate surface area is 119 Å². The molecule has 0 heterocycles. The topological polar surface area (TPSA) is 106 Å². The van der Waals surface area contributed by atoms with Crippen LogP contribution in [0, 0.1) is 0 Å². The predicted octanol–water partition coefficient (Wildman–Crippen LogP) is 2.24. The van der Waals surface area contributed by atoms with Crippen molar-refractivity contribution in [2.45, 2.75) is 32.8 Å². The smallest absolute Gasteiger partial charge is 0.407 e. The van der Waals surface area contributed by atoms with E-state index in [2.05, 4.69) is 15.3 Å². The van der Waals surface area contributed by atoms with Gasteiger partial charge in [0.2, 0.25) is 0 Å². The summed E-state index contributed by atoms with van der Waals surface area (Å²) in [6, 6.07) is 0. The van der Waals surface area contributed by atoms with Crippen molar-refractivity contribution in [3.8, 4) is 0 Å². The quantitative estimate of drug-likeness (QED) is 0.288. The van der Waals surface area contributed by atoms with Crippen LogP contribution in [-0.2, 0) is 14.2 Å². The molecule has 0 rings (SSSR count). The average Bonchev–Trinajstić information content (AvgIpc) is 2.34. The first-order chi connectivity index (χ1) is 9.45. The second-order valence-electron chi connectivity index (χ2n) is 4.96. The second kappa shape index (κ2) is 11.3. The number of alkyl carbamates (subject to hydrolysis) is 1. The summed E-state index contributed by atoms with van der Waals surface area (Å²) in [5.41, 5.74) is 7.56. The van der Waals surface area contributed by atoms with Crippen LogP contribution < -0.4 is 5.32 Å². The molecule has 0 unspecified atom stereocenters. The molecular formula is C12H24N4O4. The van der Waals surface area contributed by atoms with Crippen LogP contribution in [0.25, 0.3) is 10.4 Å². The van der Waals surface area contributed by atoms with Crippen molar-refractivity contribution in [2.75, 3.05) is 39.5 Å². The van der Waals surface area contributed by atoms with Crippen LogP contribution in [0.5, 0.6) is 0 Å². The van der Waals surface area contributed by atoms with E-state index < -0.39 is 11.7 Å². The lowest BCUT2D eigenvalue weighted by atomic mass is 10.2. The molecule has 0 saturated carbocycles. The minimum Gasteiger partial charge on any atom is -0.444 e. The SMILES string of the molecule is CC(C)(C)OC(=O)NCCOCCOCCCN=[N+]=[N-]. The highest BCUT2D eigenvalue weighted by atomic mass is 16.6. The average molecular weight is 288 g/mol. The van der Waals surface area contributed by atoms with Crippen molar-refractivity contribution in [3.63, 3.8) is 0 Å². The molecule has 8 nitrogen and oxygen atoms in total. The summed E-state index contributed by atoms with van der Waals surface area (Å²) in [6.07, 6.45) is 0.250. The van der Waals surface area contributed by atoms with Gasteiger partial charge in [0.05, 0.1) is 19.8 Å². The minimum absolute atomic E-state index is 0.395. The Balaban J connectivity index is 3.24. The highest BCUT2D eigenvalue weighted by Crippen LogP contribution is 2.05. The largest absolute Gasteiger partial charge is 0.444 e. The van der Waals surface area contributed by atoms with Crippen molar-refractivity contribution in [1.29, 1.82) is 0 Å². The molecule has 1 N–H and O–H groups in total. The van der Waals surface area contributed by atoms with E-state index >= 15 is 0 Å². The summed E-state index contributed by atoms with van der Waals surface area (Å²) in [4.78, 5) is 13.9. The molecule has 116 valence electrons. The Morgan fingerprint density at radius 3 is 2.45 bits per heavy atom. The highest BCUT2D eigenvalue weighted by Gasteiger charge is 2.15. The molecule has 0 aromatic rings. The zero-order valence-corrected chi connectivity index (χ0v) is 12.4. The number of hydrogen-bond acceptors (Lipinski definition) is 5. The number of nitrogens with one attached hydrogen (secondary N) is 1. The molecule has 0 spiro atoms. The van der Waals surface area contributed by atoms with Crippen LogP contribution in [0.2, 0.25) is 0 Å². The number of nitrogens with zero attached hydrogens (tertiary/aromatic N) is 3. The lowest BCUT2D eigenvalue weighted by Gasteiger charge is -2.19. The van der Waals surface area contributed by atoms with Crippen LogP contribution >= 0.6 is 0 Å². The van der Waals surface area contributed by atoms with Gasteiger partial charge in [-0.3, -0.25) is 0 Å². The van der Waals surface area contributed by atoms with Crippen molar-refractivity contribution in [2.24, 2.45) is 5.11 Å². The van der Waals surface area contributed by atoms with Crippen LogP contribution in [0.15, 0.2) is 5.11 Å². The van der Waals surface area contributed by atoms with Gasteiger partial charge in [-0.25, -0.2) is 4.79 Å². The number of hydrogen-bond donors (Lipinski definition) is 1. The molecule has 8 heteroatoms. The zero-order chi connectivity index (χ0) is 15.3. The number of ether oxygens (including phenoxy) is 3. The van der Waals surface area contributed by atoms with Gasteiger partial charge in [-0.1, -0.05) is 5.11 Å². The van der Waals surface area contributed by atoms with Gasteiger partial charge in [-0.15, -0.1) is 0 Å². The summed E-state index contributed by atoms with van der Waals surface area (Å²) >= 11 is 0. The van der Waals surface area contributed by atoms with Crippen molar-refractivity contribution < 1.29 is 19.0 Å². The third-order valence-electron chi connectivity index (χ3n) is 1.90. The minimum atomic E-state index is -0.492. The van der Waals surface area contributed by atoms with Crippen LogP contribution in [0.3, 0.4) is 0 Å². The first kappa shape index (κ1) is 18.5. The summed E-state index contributed by atoms with van der Waals surface area (Å²) in [5.74, 6) is 0. The van der Waals surface area contributed by atoms with Gasteiger partial charge in [0.15, 0.2) is 0 Å². The normalized spacial score (nSPS) is 10.8. The standard InChI is InChI=1S/C12H24N4O4/c1-12(2,3)20-11(17)14-6-8-19-10-9-18-7-4-5-15-16-13/h4-10H2,1-3H3,(H,14,17). The van der Waals surface area contributed by atoms with Gasteiger partial charge in [0.1, 0.15) is 5.60 Å². The Morgan fingerprint density at radius 2 is 1.85 bits per heavy atom. The molecule has 0 aliphatic heterocycles. The zero-order valence-electron chi connectivity index (χ0n) is 12.4. The number of amides is 1. The molecule has 0 bridgehead atoms. The molecule has 0 aromatic carbocycles. The number of azide groups is 1. The summed E-state index contributed by atoms with van der Waals surface area (Å²) in [7, 11) is 0. The van der Waals surface area contributed by atoms with Crippen molar-refractivity contribution in [1.82, 2.24) is 5.32 Å². The summed E-state index contributed by atoms with van der Waals surface area (Å²) in [6.45, 7) is 8.14. The van der Waals surface area contributed by atoms with Crippen LogP contribution in [0.4, 0.5) is 4.79 Å². The van der Waals surface area contributed by atoms with E-state index in [-0.39, 0.29) is 0 Å². The molecule has 1 amide bonds. The van der Waals surface area contributed by atoms with E-state index in [4.69, 9.17) is 19.7 Å². The van der Waals surface area contributed by atoms with Gasteiger partial charge in [-0.2, -0.15) is 0 Å².